The van der Waals surface area contributed by atoms with Crippen LogP contribution < -0.4 is 4.74 Å². The maximum Gasteiger partial charge on any atom is 0.336 e. The first kappa shape index (κ1) is 16.3. The van der Waals surface area contributed by atoms with Crippen molar-refractivity contribution in [3.63, 3.8) is 0 Å². The molecule has 0 spiro atoms. The normalized spacial score (nSPS) is 20.0. The van der Waals surface area contributed by atoms with Gasteiger partial charge < -0.3 is 14.9 Å². The van der Waals surface area contributed by atoms with Gasteiger partial charge in [-0.2, -0.15) is 0 Å². The van der Waals surface area contributed by atoms with Gasteiger partial charge in [0.1, 0.15) is 11.9 Å². The molecular formula is C15H20BrNO4. The zero-order chi connectivity index (χ0) is 15.5. The lowest BCUT2D eigenvalue weighted by molar-refractivity contribution is -0.158. The molecule has 1 aromatic carbocycles. The van der Waals surface area contributed by atoms with Gasteiger partial charge in [0.25, 0.3) is 0 Å². The number of carbonyl (C=O) groups is 1. The molecule has 5 nitrogen and oxygen atoms in total. The van der Waals surface area contributed by atoms with E-state index < -0.39 is 11.6 Å². The van der Waals surface area contributed by atoms with Crippen LogP contribution in [0.2, 0.25) is 0 Å². The molecule has 1 aliphatic heterocycles. The molecule has 2 rings (SSSR count). The third-order valence-corrected chi connectivity index (χ3v) is 4.12. The predicted molar refractivity (Wildman–Crippen MR) is 82.5 cm³/mol. The van der Waals surface area contributed by atoms with Crippen LogP contribution in [0.1, 0.15) is 19.8 Å². The molecule has 6 heteroatoms. The molecule has 1 unspecified atom stereocenters. The average Bonchev–Trinajstić information content (AvgIpc) is 2.40. The number of β-amino-alcohol motifs (C(OH)–C–C–N with tert-alkyl or cyclic N) is 1. The standard InChI is InChI=1S/C15H20BrNO4/c1-15(20,14(18)19)10-17-7-5-12(6-8-17)21-13-4-2-3-11(16)9-13/h2-4,9,12,20H,5-8,10H2,1H3,(H,18,19). The summed E-state index contributed by atoms with van der Waals surface area (Å²) in [5.74, 6) is -0.352. The highest BCUT2D eigenvalue weighted by Gasteiger charge is 2.33. The summed E-state index contributed by atoms with van der Waals surface area (Å²) in [6.07, 6.45) is 1.77. The number of nitrogens with zero attached hydrogens (tertiary/aromatic N) is 1. The van der Waals surface area contributed by atoms with Gasteiger partial charge in [0, 0.05) is 24.1 Å². The average molecular weight is 358 g/mol. The van der Waals surface area contributed by atoms with Crippen LogP contribution in [0.5, 0.6) is 5.75 Å². The maximum absolute atomic E-state index is 10.9. The third-order valence-electron chi connectivity index (χ3n) is 3.63. The number of hydrogen-bond donors (Lipinski definition) is 2. The SMILES string of the molecule is CC(O)(CN1CCC(Oc2cccc(Br)c2)CC1)C(=O)O. The van der Waals surface area contributed by atoms with E-state index in [1.807, 2.05) is 29.2 Å². The quantitative estimate of drug-likeness (QED) is 0.844. The van der Waals surface area contributed by atoms with Crippen molar-refractivity contribution >= 4 is 21.9 Å². The number of carboxylic acid groups (broad SMARTS) is 1. The highest BCUT2D eigenvalue weighted by atomic mass is 79.9. The number of hydrogen-bond acceptors (Lipinski definition) is 4. The minimum Gasteiger partial charge on any atom is -0.490 e. The second-order valence-corrected chi connectivity index (χ2v) is 6.55. The zero-order valence-corrected chi connectivity index (χ0v) is 13.5. The molecule has 1 fully saturated rings. The van der Waals surface area contributed by atoms with Crippen LogP contribution in [-0.4, -0.2) is 52.4 Å². The molecule has 1 heterocycles. The molecule has 2 N–H and O–H groups in total. The number of piperidine rings is 1. The first-order valence-electron chi connectivity index (χ1n) is 6.97. The minimum absolute atomic E-state index is 0.130. The number of ether oxygens (including phenoxy) is 1. The van der Waals surface area contributed by atoms with E-state index in [1.165, 1.54) is 6.92 Å². The van der Waals surface area contributed by atoms with Crippen molar-refractivity contribution in [1.29, 1.82) is 0 Å². The third kappa shape index (κ3) is 4.69. The first-order valence-corrected chi connectivity index (χ1v) is 7.76. The van der Waals surface area contributed by atoms with Crippen molar-refractivity contribution in [2.45, 2.75) is 31.5 Å². The first-order chi connectivity index (χ1) is 9.87. The summed E-state index contributed by atoms with van der Waals surface area (Å²) in [4.78, 5) is 12.9. The van der Waals surface area contributed by atoms with Gasteiger partial charge in [-0.25, -0.2) is 4.79 Å². The van der Waals surface area contributed by atoms with E-state index in [9.17, 15) is 9.90 Å². The zero-order valence-electron chi connectivity index (χ0n) is 12.0. The molecule has 1 atom stereocenters. The lowest BCUT2D eigenvalue weighted by Crippen LogP contribution is -2.50. The van der Waals surface area contributed by atoms with Crippen molar-refractivity contribution in [3.8, 4) is 5.75 Å². The smallest absolute Gasteiger partial charge is 0.336 e. The Morgan fingerprint density at radius 1 is 1.48 bits per heavy atom. The number of carboxylic acids is 1. The molecular weight excluding hydrogens is 338 g/mol. The molecule has 116 valence electrons. The predicted octanol–water partition coefficient (Wildman–Crippen LogP) is 2.13. The molecule has 0 aliphatic carbocycles. The van der Waals surface area contributed by atoms with Gasteiger partial charge >= 0.3 is 5.97 Å². The highest BCUT2D eigenvalue weighted by molar-refractivity contribution is 9.10. The molecule has 1 aliphatic rings. The Labute approximate surface area is 132 Å². The lowest BCUT2D eigenvalue weighted by Gasteiger charge is -2.35. The molecule has 0 bridgehead atoms. The van der Waals surface area contributed by atoms with Crippen molar-refractivity contribution in [2.24, 2.45) is 0 Å². The van der Waals surface area contributed by atoms with Crippen molar-refractivity contribution in [2.75, 3.05) is 19.6 Å². The summed E-state index contributed by atoms with van der Waals surface area (Å²) in [5, 5.41) is 18.7. The van der Waals surface area contributed by atoms with E-state index >= 15 is 0 Å². The topological polar surface area (TPSA) is 70.0 Å². The van der Waals surface area contributed by atoms with Gasteiger partial charge in [-0.15, -0.1) is 0 Å². The van der Waals surface area contributed by atoms with Gasteiger partial charge in [-0.1, -0.05) is 22.0 Å². The molecule has 0 radical (unpaired) electrons. The molecule has 1 aromatic rings. The molecule has 0 saturated carbocycles. The van der Waals surface area contributed by atoms with E-state index in [4.69, 9.17) is 9.84 Å². The summed E-state index contributed by atoms with van der Waals surface area (Å²) >= 11 is 3.41. The molecule has 1 saturated heterocycles. The fourth-order valence-corrected chi connectivity index (χ4v) is 2.80. The van der Waals surface area contributed by atoms with Crippen LogP contribution in [-0.2, 0) is 4.79 Å². The largest absolute Gasteiger partial charge is 0.490 e. The Bertz CT molecular complexity index is 498. The monoisotopic (exact) mass is 357 g/mol. The number of benzene rings is 1. The van der Waals surface area contributed by atoms with E-state index in [-0.39, 0.29) is 12.6 Å². The van der Waals surface area contributed by atoms with Crippen LogP contribution in [0, 0.1) is 0 Å². The van der Waals surface area contributed by atoms with Gasteiger partial charge in [0.2, 0.25) is 0 Å². The number of aliphatic hydroxyl groups is 1. The Morgan fingerprint density at radius 2 is 2.14 bits per heavy atom. The summed E-state index contributed by atoms with van der Waals surface area (Å²) in [7, 11) is 0. The fraction of sp³-hybridized carbons (Fsp3) is 0.533. The van der Waals surface area contributed by atoms with Gasteiger partial charge in [0.15, 0.2) is 5.60 Å². The van der Waals surface area contributed by atoms with Crippen LogP contribution in [0.3, 0.4) is 0 Å². The maximum atomic E-state index is 10.9. The Balaban J connectivity index is 1.82. The van der Waals surface area contributed by atoms with Crippen molar-refractivity contribution < 1.29 is 19.7 Å². The summed E-state index contributed by atoms with van der Waals surface area (Å²) in [5.41, 5.74) is -1.70. The molecule has 0 amide bonds. The summed E-state index contributed by atoms with van der Waals surface area (Å²) in [6, 6.07) is 7.73. The van der Waals surface area contributed by atoms with Gasteiger partial charge in [-0.05, 0) is 38.0 Å². The Kier molecular flexibility index (Phi) is 5.24. The highest BCUT2D eigenvalue weighted by Crippen LogP contribution is 2.23. The second-order valence-electron chi connectivity index (χ2n) is 5.63. The Hall–Kier alpha value is -1.11. The number of rotatable bonds is 5. The van der Waals surface area contributed by atoms with Crippen molar-refractivity contribution in [1.82, 2.24) is 4.90 Å². The van der Waals surface area contributed by atoms with E-state index in [1.54, 1.807) is 0 Å². The lowest BCUT2D eigenvalue weighted by atomic mass is 10.0. The Morgan fingerprint density at radius 3 is 2.71 bits per heavy atom. The number of aliphatic carboxylic acids is 1. The van der Waals surface area contributed by atoms with Crippen LogP contribution >= 0.6 is 15.9 Å². The van der Waals surface area contributed by atoms with Crippen molar-refractivity contribution in [3.05, 3.63) is 28.7 Å². The number of halogens is 1. The molecule has 0 aromatic heterocycles. The van der Waals surface area contributed by atoms with E-state index in [2.05, 4.69) is 15.9 Å². The van der Waals surface area contributed by atoms with Crippen LogP contribution in [0.15, 0.2) is 28.7 Å². The molecule has 21 heavy (non-hydrogen) atoms. The minimum atomic E-state index is -1.70. The number of likely N-dealkylation sites (tertiary alicyclic amines) is 1. The second kappa shape index (κ2) is 6.77. The van der Waals surface area contributed by atoms with E-state index in [0.29, 0.717) is 0 Å². The van der Waals surface area contributed by atoms with Crippen LogP contribution in [0.4, 0.5) is 0 Å². The van der Waals surface area contributed by atoms with Crippen LogP contribution in [0.25, 0.3) is 0 Å². The summed E-state index contributed by atoms with van der Waals surface area (Å²) in [6.45, 7) is 2.93. The van der Waals surface area contributed by atoms with E-state index in [0.717, 1.165) is 36.2 Å². The van der Waals surface area contributed by atoms with Gasteiger partial charge in [-0.3, -0.25) is 4.90 Å². The van der Waals surface area contributed by atoms with Gasteiger partial charge in [0.05, 0.1) is 0 Å². The fourth-order valence-electron chi connectivity index (χ4n) is 2.42. The summed E-state index contributed by atoms with van der Waals surface area (Å²) < 4.78 is 6.91.